The van der Waals surface area contributed by atoms with Gasteiger partial charge in [-0.2, -0.15) is 8.61 Å². The lowest BCUT2D eigenvalue weighted by Crippen LogP contribution is -2.49. The van der Waals surface area contributed by atoms with Gasteiger partial charge in [0.25, 0.3) is 0 Å². The summed E-state index contributed by atoms with van der Waals surface area (Å²) in [7, 11) is -5.70. The van der Waals surface area contributed by atoms with E-state index in [9.17, 15) is 16.8 Å². The minimum Gasteiger partial charge on any atom is -0.495 e. The molecule has 9 nitrogen and oxygen atoms in total. The zero-order valence-electron chi connectivity index (χ0n) is 19.9. The highest BCUT2D eigenvalue weighted by Gasteiger charge is 2.32. The standard InChI is InChI=1S/C23H31BrN4O5S2/c1-3-25-10-14-27(15-11-25)35(31,32)21-8-9-23(33-2)22(18-21)26-12-16-28(17-13-26)34(29,30)20-6-4-19(24)5-7-20/h4-9,18H,3,10-17H2,1-2H3. The Morgan fingerprint density at radius 3 is 1.83 bits per heavy atom. The van der Waals surface area contributed by atoms with Crippen molar-refractivity contribution in [1.82, 2.24) is 13.5 Å². The summed E-state index contributed by atoms with van der Waals surface area (Å²) in [6.07, 6.45) is 0. The molecule has 0 amide bonds. The quantitative estimate of drug-likeness (QED) is 0.491. The molecule has 4 rings (SSSR count). The molecule has 2 aliphatic rings. The van der Waals surface area contributed by atoms with Crippen molar-refractivity contribution in [2.75, 3.05) is 70.9 Å². The Hall–Kier alpha value is -1.70. The first-order chi connectivity index (χ1) is 16.7. The van der Waals surface area contributed by atoms with Crippen LogP contribution in [0.15, 0.2) is 56.7 Å². The summed E-state index contributed by atoms with van der Waals surface area (Å²) in [5.41, 5.74) is 0.654. The molecular weight excluding hydrogens is 556 g/mol. The van der Waals surface area contributed by atoms with Gasteiger partial charge in [0.05, 0.1) is 22.6 Å². The first-order valence-electron chi connectivity index (χ1n) is 11.6. The van der Waals surface area contributed by atoms with Crippen LogP contribution in [0.1, 0.15) is 6.92 Å². The third kappa shape index (κ3) is 5.52. The van der Waals surface area contributed by atoms with E-state index in [4.69, 9.17) is 4.74 Å². The minimum atomic E-state index is -3.64. The van der Waals surface area contributed by atoms with Gasteiger partial charge in [0, 0.05) is 56.8 Å². The monoisotopic (exact) mass is 586 g/mol. The van der Waals surface area contributed by atoms with E-state index in [1.807, 2.05) is 4.90 Å². The molecule has 0 aromatic heterocycles. The van der Waals surface area contributed by atoms with Gasteiger partial charge in [-0.25, -0.2) is 16.8 Å². The smallest absolute Gasteiger partial charge is 0.243 e. The summed E-state index contributed by atoms with van der Waals surface area (Å²) >= 11 is 3.33. The molecule has 2 heterocycles. The molecule has 0 bridgehead atoms. The number of ether oxygens (including phenoxy) is 1. The number of nitrogens with zero attached hydrogens (tertiary/aromatic N) is 4. The molecule has 2 saturated heterocycles. The van der Waals surface area contributed by atoms with Crippen LogP contribution in [-0.4, -0.2) is 96.4 Å². The predicted molar refractivity (Wildman–Crippen MR) is 139 cm³/mol. The number of anilines is 1. The number of hydrogen-bond acceptors (Lipinski definition) is 7. The Labute approximate surface area is 216 Å². The zero-order chi connectivity index (χ0) is 25.2. The molecule has 0 atom stereocenters. The molecule has 0 aliphatic carbocycles. The van der Waals surface area contributed by atoms with E-state index in [0.29, 0.717) is 50.7 Å². The number of sulfonamides is 2. The van der Waals surface area contributed by atoms with Crippen molar-refractivity contribution < 1.29 is 21.6 Å². The van der Waals surface area contributed by atoms with Gasteiger partial charge in [-0.1, -0.05) is 22.9 Å². The molecule has 0 spiro atoms. The van der Waals surface area contributed by atoms with Gasteiger partial charge >= 0.3 is 0 Å². The van der Waals surface area contributed by atoms with Crippen molar-refractivity contribution in [3.8, 4) is 5.75 Å². The third-order valence-electron chi connectivity index (χ3n) is 6.60. The van der Waals surface area contributed by atoms with Gasteiger partial charge < -0.3 is 14.5 Å². The fourth-order valence-corrected chi connectivity index (χ4v) is 7.57. The Morgan fingerprint density at radius 1 is 0.771 bits per heavy atom. The molecule has 35 heavy (non-hydrogen) atoms. The molecule has 2 aliphatic heterocycles. The van der Waals surface area contributed by atoms with Crippen molar-refractivity contribution in [3.63, 3.8) is 0 Å². The maximum atomic E-state index is 13.3. The van der Waals surface area contributed by atoms with Crippen LogP contribution in [-0.2, 0) is 20.0 Å². The summed E-state index contributed by atoms with van der Waals surface area (Å²) < 4.78 is 62.1. The van der Waals surface area contributed by atoms with Crippen molar-refractivity contribution in [2.45, 2.75) is 16.7 Å². The molecule has 0 saturated carbocycles. The Balaban J connectivity index is 1.51. The summed E-state index contributed by atoms with van der Waals surface area (Å²) in [6.45, 7) is 6.76. The largest absolute Gasteiger partial charge is 0.495 e. The van der Waals surface area contributed by atoms with E-state index in [0.717, 1.165) is 11.0 Å². The first-order valence-corrected chi connectivity index (χ1v) is 15.3. The second-order valence-electron chi connectivity index (χ2n) is 8.52. The molecule has 2 aromatic carbocycles. The SMILES string of the molecule is CCN1CCN(S(=O)(=O)c2ccc(OC)c(N3CCN(S(=O)(=O)c4ccc(Br)cc4)CC3)c2)CC1. The second kappa shape index (κ2) is 10.7. The van der Waals surface area contributed by atoms with Crippen LogP contribution in [0.4, 0.5) is 5.69 Å². The molecule has 2 aromatic rings. The highest BCUT2D eigenvalue weighted by atomic mass is 79.9. The van der Waals surface area contributed by atoms with Crippen molar-refractivity contribution in [2.24, 2.45) is 0 Å². The van der Waals surface area contributed by atoms with E-state index in [2.05, 4.69) is 27.8 Å². The van der Waals surface area contributed by atoms with Crippen LogP contribution in [0.25, 0.3) is 0 Å². The number of rotatable bonds is 7. The van der Waals surface area contributed by atoms with E-state index in [1.165, 1.54) is 8.61 Å². The number of benzene rings is 2. The number of halogens is 1. The highest BCUT2D eigenvalue weighted by molar-refractivity contribution is 9.10. The van der Waals surface area contributed by atoms with Gasteiger partial charge in [-0.3, -0.25) is 0 Å². The zero-order valence-corrected chi connectivity index (χ0v) is 23.1. The van der Waals surface area contributed by atoms with Crippen molar-refractivity contribution in [1.29, 1.82) is 0 Å². The van der Waals surface area contributed by atoms with Gasteiger partial charge in [0.15, 0.2) is 0 Å². The predicted octanol–water partition coefficient (Wildman–Crippen LogP) is 2.29. The average Bonchev–Trinajstić information content (AvgIpc) is 2.88. The summed E-state index contributed by atoms with van der Waals surface area (Å²) in [6, 6.07) is 11.5. The lowest BCUT2D eigenvalue weighted by molar-refractivity contribution is 0.196. The molecule has 2 fully saturated rings. The molecule has 192 valence electrons. The molecular formula is C23H31BrN4O5S2. The van der Waals surface area contributed by atoms with Crippen LogP contribution >= 0.6 is 15.9 Å². The normalized spacial score (nSPS) is 19.1. The van der Waals surface area contributed by atoms with Gasteiger partial charge in [-0.05, 0) is 49.0 Å². The van der Waals surface area contributed by atoms with Crippen LogP contribution in [0.3, 0.4) is 0 Å². The number of likely N-dealkylation sites (N-methyl/N-ethyl adjacent to an activating group) is 1. The molecule has 0 unspecified atom stereocenters. The van der Waals surface area contributed by atoms with Crippen LogP contribution < -0.4 is 9.64 Å². The van der Waals surface area contributed by atoms with Crippen molar-refractivity contribution >= 4 is 41.7 Å². The van der Waals surface area contributed by atoms with Gasteiger partial charge in [-0.15, -0.1) is 0 Å². The number of piperazine rings is 2. The fourth-order valence-electron chi connectivity index (χ4n) is 4.44. The second-order valence-corrected chi connectivity index (χ2v) is 13.3. The molecule has 12 heteroatoms. The Morgan fingerprint density at radius 2 is 1.29 bits per heavy atom. The summed E-state index contributed by atoms with van der Waals surface area (Å²) in [5.74, 6) is 0.559. The Kier molecular flexibility index (Phi) is 8.08. The number of hydrogen-bond donors (Lipinski definition) is 0. The van der Waals surface area contributed by atoms with E-state index in [1.54, 1.807) is 49.6 Å². The third-order valence-corrected chi connectivity index (χ3v) is 10.9. The van der Waals surface area contributed by atoms with E-state index >= 15 is 0 Å². The van der Waals surface area contributed by atoms with Gasteiger partial charge in [0.1, 0.15) is 5.75 Å². The first kappa shape index (κ1) is 26.4. The minimum absolute atomic E-state index is 0.225. The topological polar surface area (TPSA) is 90.5 Å². The van der Waals surface area contributed by atoms with E-state index < -0.39 is 20.0 Å². The lowest BCUT2D eigenvalue weighted by atomic mass is 10.2. The van der Waals surface area contributed by atoms with E-state index in [-0.39, 0.29) is 22.9 Å². The summed E-state index contributed by atoms with van der Waals surface area (Å²) in [4.78, 5) is 4.69. The molecule has 0 radical (unpaired) electrons. The van der Waals surface area contributed by atoms with Crippen molar-refractivity contribution in [3.05, 3.63) is 46.9 Å². The van der Waals surface area contributed by atoms with Gasteiger partial charge in [0.2, 0.25) is 20.0 Å². The van der Waals surface area contributed by atoms with Crippen LogP contribution in [0.5, 0.6) is 5.75 Å². The Bertz CT molecular complexity index is 1240. The lowest BCUT2D eigenvalue weighted by Gasteiger charge is -2.36. The number of methoxy groups -OCH3 is 1. The summed E-state index contributed by atoms with van der Waals surface area (Å²) in [5, 5.41) is 0. The van der Waals surface area contributed by atoms with Crippen LogP contribution in [0, 0.1) is 0 Å². The van der Waals surface area contributed by atoms with Crippen LogP contribution in [0.2, 0.25) is 0 Å². The average molecular weight is 588 g/mol. The maximum absolute atomic E-state index is 13.3. The highest BCUT2D eigenvalue weighted by Crippen LogP contribution is 2.33. The fraction of sp³-hybridized carbons (Fsp3) is 0.478. The molecule has 0 N–H and O–H groups in total. The maximum Gasteiger partial charge on any atom is 0.243 e.